The van der Waals surface area contributed by atoms with Crippen LogP contribution in [-0.4, -0.2) is 28.3 Å². The molecule has 190 valence electrons. The maximum atomic E-state index is 12.5. The predicted octanol–water partition coefficient (Wildman–Crippen LogP) is 7.25. The van der Waals surface area contributed by atoms with Gasteiger partial charge in [0.05, 0.1) is 24.2 Å². The van der Waals surface area contributed by atoms with E-state index in [1.54, 1.807) is 0 Å². The summed E-state index contributed by atoms with van der Waals surface area (Å²) in [6.07, 6.45) is 8.30. The van der Waals surface area contributed by atoms with Crippen molar-refractivity contribution in [1.82, 2.24) is 15.3 Å². The first kappa shape index (κ1) is 26.7. The largest absolute Gasteiger partial charge is 0.444 e. The molecule has 1 heterocycles. The zero-order valence-electron chi connectivity index (χ0n) is 21.7. The third-order valence-electron chi connectivity index (χ3n) is 5.80. The molecule has 1 amide bonds. The van der Waals surface area contributed by atoms with Crippen LogP contribution in [0.5, 0.6) is 0 Å². The molecule has 0 fully saturated rings. The first-order chi connectivity index (χ1) is 16.8. The van der Waals surface area contributed by atoms with Gasteiger partial charge >= 0.3 is 6.09 Å². The molecule has 35 heavy (non-hydrogen) atoms. The molecule has 2 N–H and O–H groups in total. The Balaban J connectivity index is 1.66. The number of benzene rings is 2. The average Bonchev–Trinajstić information content (AvgIpc) is 3.23. The fourth-order valence-electron chi connectivity index (χ4n) is 4.01. The normalized spacial score (nSPS) is 12.6. The van der Waals surface area contributed by atoms with Crippen LogP contribution >= 0.6 is 0 Å². The number of carbonyl (C=O) groups is 1. The summed E-state index contributed by atoms with van der Waals surface area (Å²) in [6.45, 7) is 8.52. The number of rotatable bonds is 13. The van der Waals surface area contributed by atoms with Gasteiger partial charge in [0, 0.05) is 0 Å². The van der Waals surface area contributed by atoms with E-state index in [9.17, 15) is 4.79 Å². The molecule has 0 bridgehead atoms. The fraction of sp³-hybridized carbons (Fsp3) is 0.517. The summed E-state index contributed by atoms with van der Waals surface area (Å²) in [5.41, 5.74) is 3.65. The quantitative estimate of drug-likeness (QED) is 0.253. The van der Waals surface area contributed by atoms with Gasteiger partial charge in [0.25, 0.3) is 0 Å². The zero-order chi connectivity index (χ0) is 25.1. The number of aryl methyl sites for hydroxylation is 1. The maximum Gasteiger partial charge on any atom is 0.408 e. The van der Waals surface area contributed by atoms with Gasteiger partial charge in [-0.1, -0.05) is 75.4 Å². The van der Waals surface area contributed by atoms with Crippen molar-refractivity contribution in [3.63, 3.8) is 0 Å². The Labute approximate surface area is 209 Å². The van der Waals surface area contributed by atoms with E-state index in [4.69, 9.17) is 14.5 Å². The number of hydrogen-bond acceptors (Lipinski definition) is 4. The van der Waals surface area contributed by atoms with Crippen LogP contribution in [-0.2, 0) is 22.5 Å². The number of amides is 1. The van der Waals surface area contributed by atoms with E-state index in [1.807, 2.05) is 51.1 Å². The molecule has 0 aliphatic rings. The molecule has 6 nitrogen and oxygen atoms in total. The number of alkyl carbamates (subject to hydrolysis) is 1. The Morgan fingerprint density at radius 3 is 2.49 bits per heavy atom. The van der Waals surface area contributed by atoms with Crippen LogP contribution in [0.1, 0.15) is 89.2 Å². The molecule has 1 atom stereocenters. The lowest BCUT2D eigenvalue weighted by Crippen LogP contribution is -2.37. The van der Waals surface area contributed by atoms with E-state index in [0.29, 0.717) is 12.4 Å². The molecule has 0 saturated carbocycles. The van der Waals surface area contributed by atoms with Crippen molar-refractivity contribution < 1.29 is 14.3 Å². The average molecular weight is 480 g/mol. The summed E-state index contributed by atoms with van der Waals surface area (Å²) >= 11 is 0. The predicted molar refractivity (Wildman–Crippen MR) is 141 cm³/mol. The van der Waals surface area contributed by atoms with Crippen LogP contribution in [0.25, 0.3) is 11.0 Å². The number of unbranched alkanes of at least 4 members (excludes halogenated alkanes) is 5. The highest BCUT2D eigenvalue weighted by Gasteiger charge is 2.23. The van der Waals surface area contributed by atoms with Gasteiger partial charge in [0.1, 0.15) is 17.5 Å². The van der Waals surface area contributed by atoms with Gasteiger partial charge in [0.2, 0.25) is 0 Å². The molecule has 0 aliphatic carbocycles. The zero-order valence-corrected chi connectivity index (χ0v) is 21.7. The maximum absolute atomic E-state index is 12.5. The SMILES string of the molecule is CCCCCCCCc1ccc2nc(C(COCc3ccccc3)NC(=O)OC(C)(C)C)[nH]c2c1. The van der Waals surface area contributed by atoms with Crippen molar-refractivity contribution in [2.24, 2.45) is 0 Å². The van der Waals surface area contributed by atoms with E-state index < -0.39 is 17.7 Å². The van der Waals surface area contributed by atoms with E-state index in [-0.39, 0.29) is 6.61 Å². The molecule has 1 aromatic heterocycles. The number of fused-ring (bicyclic) bond motifs is 1. The molecular formula is C29H41N3O3. The number of imidazole rings is 1. The van der Waals surface area contributed by atoms with Gasteiger partial charge in [-0.05, 0) is 56.9 Å². The lowest BCUT2D eigenvalue weighted by atomic mass is 10.0. The highest BCUT2D eigenvalue weighted by Crippen LogP contribution is 2.21. The molecule has 0 saturated heterocycles. The van der Waals surface area contributed by atoms with Crippen LogP contribution in [0.4, 0.5) is 4.79 Å². The summed E-state index contributed by atoms with van der Waals surface area (Å²) in [6, 6.07) is 15.9. The number of carbonyl (C=O) groups excluding carboxylic acids is 1. The summed E-state index contributed by atoms with van der Waals surface area (Å²) in [5, 5.41) is 2.93. The highest BCUT2D eigenvalue weighted by atomic mass is 16.6. The van der Waals surface area contributed by atoms with E-state index in [2.05, 4.69) is 35.4 Å². The number of aromatic nitrogens is 2. The van der Waals surface area contributed by atoms with Gasteiger partial charge < -0.3 is 19.8 Å². The third kappa shape index (κ3) is 9.36. The van der Waals surface area contributed by atoms with Crippen molar-refractivity contribution in [3.05, 3.63) is 65.5 Å². The van der Waals surface area contributed by atoms with E-state index in [0.717, 1.165) is 23.0 Å². The minimum Gasteiger partial charge on any atom is -0.444 e. The number of H-pyrrole nitrogens is 1. The second kappa shape index (κ2) is 13.3. The number of nitrogens with zero attached hydrogens (tertiary/aromatic N) is 1. The lowest BCUT2D eigenvalue weighted by Gasteiger charge is -2.23. The summed E-state index contributed by atoms with van der Waals surface area (Å²) in [5.74, 6) is 0.663. The number of nitrogens with one attached hydrogen (secondary N) is 2. The van der Waals surface area contributed by atoms with Gasteiger partial charge in [-0.25, -0.2) is 9.78 Å². The number of hydrogen-bond donors (Lipinski definition) is 2. The first-order valence-corrected chi connectivity index (χ1v) is 12.9. The summed E-state index contributed by atoms with van der Waals surface area (Å²) < 4.78 is 11.4. The van der Waals surface area contributed by atoms with Crippen LogP contribution in [0.3, 0.4) is 0 Å². The van der Waals surface area contributed by atoms with Gasteiger partial charge in [-0.2, -0.15) is 0 Å². The molecule has 3 aromatic rings. The molecule has 3 rings (SSSR count). The molecule has 1 unspecified atom stereocenters. The van der Waals surface area contributed by atoms with Gasteiger partial charge in [-0.15, -0.1) is 0 Å². The number of aromatic amines is 1. The molecule has 0 radical (unpaired) electrons. The Hall–Kier alpha value is -2.86. The van der Waals surface area contributed by atoms with Crippen molar-refractivity contribution >= 4 is 17.1 Å². The molecular weight excluding hydrogens is 438 g/mol. The topological polar surface area (TPSA) is 76.2 Å². The second-order valence-corrected chi connectivity index (χ2v) is 10.2. The first-order valence-electron chi connectivity index (χ1n) is 12.9. The highest BCUT2D eigenvalue weighted by molar-refractivity contribution is 5.76. The molecule has 2 aromatic carbocycles. The Morgan fingerprint density at radius 2 is 1.74 bits per heavy atom. The fourth-order valence-corrected chi connectivity index (χ4v) is 4.01. The van der Waals surface area contributed by atoms with Crippen molar-refractivity contribution in [1.29, 1.82) is 0 Å². The standard InChI is InChI=1S/C29H41N3O3/c1-5-6-7-8-9-11-14-22-17-18-24-25(19-22)31-27(30-24)26(32-28(33)35-29(2,3)4)21-34-20-23-15-12-10-13-16-23/h10,12-13,15-19,26H,5-9,11,14,20-21H2,1-4H3,(H,30,31)(H,32,33). The van der Waals surface area contributed by atoms with Crippen LogP contribution in [0, 0.1) is 0 Å². The monoisotopic (exact) mass is 479 g/mol. The van der Waals surface area contributed by atoms with Crippen molar-refractivity contribution in [2.75, 3.05) is 6.61 Å². The van der Waals surface area contributed by atoms with Crippen molar-refractivity contribution in [2.45, 2.75) is 90.9 Å². The summed E-state index contributed by atoms with van der Waals surface area (Å²) in [4.78, 5) is 20.7. The smallest absolute Gasteiger partial charge is 0.408 e. The second-order valence-electron chi connectivity index (χ2n) is 10.2. The molecule has 0 aliphatic heterocycles. The van der Waals surface area contributed by atoms with Crippen LogP contribution in [0.15, 0.2) is 48.5 Å². The summed E-state index contributed by atoms with van der Waals surface area (Å²) in [7, 11) is 0. The van der Waals surface area contributed by atoms with Crippen LogP contribution < -0.4 is 5.32 Å². The van der Waals surface area contributed by atoms with Crippen molar-refractivity contribution in [3.8, 4) is 0 Å². The molecule has 0 spiro atoms. The van der Waals surface area contributed by atoms with E-state index in [1.165, 1.54) is 44.1 Å². The third-order valence-corrected chi connectivity index (χ3v) is 5.80. The minimum atomic E-state index is -0.584. The number of ether oxygens (including phenoxy) is 2. The minimum absolute atomic E-state index is 0.276. The molecule has 6 heteroatoms. The Bertz CT molecular complexity index is 1040. The van der Waals surface area contributed by atoms with Crippen LogP contribution in [0.2, 0.25) is 0 Å². The Morgan fingerprint density at radius 1 is 1.00 bits per heavy atom. The van der Waals surface area contributed by atoms with Gasteiger partial charge in [-0.3, -0.25) is 0 Å². The van der Waals surface area contributed by atoms with Gasteiger partial charge in [0.15, 0.2) is 0 Å². The lowest BCUT2D eigenvalue weighted by molar-refractivity contribution is 0.0421. The Kier molecular flexibility index (Phi) is 10.2. The van der Waals surface area contributed by atoms with E-state index >= 15 is 0 Å².